The van der Waals surface area contributed by atoms with E-state index in [9.17, 15) is 0 Å². The average Bonchev–Trinajstić information content (AvgIpc) is 3.33. The molecule has 2 heterocycles. The number of hydrogen-bond acceptors (Lipinski definition) is 4. The molecule has 1 aliphatic rings. The van der Waals surface area contributed by atoms with Crippen LogP contribution in [0.2, 0.25) is 0 Å². The molecule has 4 aromatic rings. The van der Waals surface area contributed by atoms with Crippen molar-refractivity contribution in [1.82, 2.24) is 19.6 Å². The van der Waals surface area contributed by atoms with Gasteiger partial charge in [0.2, 0.25) is 0 Å². The normalized spacial score (nSPS) is 15.9. The zero-order valence-corrected chi connectivity index (χ0v) is 15.6. The SMILES string of the molecule is Cn1cc(-n2ncc3ccc(N[C@H]4CCCc5cc(C#N)ccc54)cc32)cn1. The Bertz CT molecular complexity index is 1210. The maximum absolute atomic E-state index is 9.16. The Kier molecular flexibility index (Phi) is 3.87. The van der Waals surface area contributed by atoms with Crippen LogP contribution in [0.4, 0.5) is 5.69 Å². The highest BCUT2D eigenvalue weighted by molar-refractivity contribution is 5.83. The van der Waals surface area contributed by atoms with E-state index in [1.54, 1.807) is 4.68 Å². The number of nitrogens with zero attached hydrogens (tertiary/aromatic N) is 5. The topological polar surface area (TPSA) is 71.5 Å². The van der Waals surface area contributed by atoms with E-state index >= 15 is 0 Å². The second-order valence-corrected chi connectivity index (χ2v) is 7.32. The van der Waals surface area contributed by atoms with Crippen LogP contribution in [0.15, 0.2) is 55.0 Å². The third-order valence-corrected chi connectivity index (χ3v) is 5.43. The third-order valence-electron chi connectivity index (χ3n) is 5.43. The second-order valence-electron chi connectivity index (χ2n) is 7.32. The number of aromatic nitrogens is 4. The van der Waals surface area contributed by atoms with E-state index in [1.165, 1.54) is 11.1 Å². The van der Waals surface area contributed by atoms with Crippen molar-refractivity contribution in [3.63, 3.8) is 0 Å². The van der Waals surface area contributed by atoms with Gasteiger partial charge in [-0.1, -0.05) is 6.07 Å². The number of fused-ring (bicyclic) bond motifs is 2. The smallest absolute Gasteiger partial charge is 0.103 e. The molecule has 2 aromatic carbocycles. The molecule has 0 saturated carbocycles. The molecule has 0 aliphatic heterocycles. The summed E-state index contributed by atoms with van der Waals surface area (Å²) >= 11 is 0. The summed E-state index contributed by atoms with van der Waals surface area (Å²) in [6.45, 7) is 0. The van der Waals surface area contributed by atoms with Crippen molar-refractivity contribution >= 4 is 16.6 Å². The number of benzene rings is 2. The molecule has 0 bridgehead atoms. The third kappa shape index (κ3) is 2.81. The second kappa shape index (κ2) is 6.54. The first-order valence-electron chi connectivity index (χ1n) is 9.47. The van der Waals surface area contributed by atoms with Crippen LogP contribution in [0.1, 0.15) is 35.6 Å². The van der Waals surface area contributed by atoms with Crippen LogP contribution in [-0.2, 0) is 13.5 Å². The zero-order valence-electron chi connectivity index (χ0n) is 15.6. The lowest BCUT2D eigenvalue weighted by Gasteiger charge is -2.27. The Morgan fingerprint density at radius 2 is 2.07 bits per heavy atom. The lowest BCUT2D eigenvalue weighted by atomic mass is 9.86. The van der Waals surface area contributed by atoms with Crippen molar-refractivity contribution in [3.05, 3.63) is 71.7 Å². The number of rotatable bonds is 3. The molecule has 2 aromatic heterocycles. The minimum atomic E-state index is 0.253. The quantitative estimate of drug-likeness (QED) is 0.590. The number of nitrogens with one attached hydrogen (secondary N) is 1. The largest absolute Gasteiger partial charge is 0.378 e. The monoisotopic (exact) mass is 368 g/mol. The molecule has 0 radical (unpaired) electrons. The van der Waals surface area contributed by atoms with Gasteiger partial charge in [0.05, 0.1) is 41.8 Å². The average molecular weight is 368 g/mol. The van der Waals surface area contributed by atoms with Crippen molar-refractivity contribution in [1.29, 1.82) is 5.26 Å². The van der Waals surface area contributed by atoms with Crippen LogP contribution in [0.5, 0.6) is 0 Å². The van der Waals surface area contributed by atoms with Gasteiger partial charge in [-0.2, -0.15) is 15.5 Å². The Morgan fingerprint density at radius 1 is 1.14 bits per heavy atom. The van der Waals surface area contributed by atoms with Gasteiger partial charge in [-0.25, -0.2) is 4.68 Å². The standard InChI is InChI=1S/C22H20N6/c1-27-14-19(13-24-27)28-22-10-18(7-6-17(22)12-25-28)26-21-4-2-3-16-9-15(11-23)5-8-20(16)21/h5-10,12-14,21,26H,2-4H2,1H3/t21-/m0/s1. The minimum absolute atomic E-state index is 0.253. The summed E-state index contributed by atoms with van der Waals surface area (Å²) in [5.41, 5.74) is 6.38. The Balaban J connectivity index is 1.49. The first-order chi connectivity index (χ1) is 13.7. The van der Waals surface area contributed by atoms with Crippen LogP contribution in [0.3, 0.4) is 0 Å². The summed E-state index contributed by atoms with van der Waals surface area (Å²) in [5, 5.41) is 22.7. The predicted octanol–water partition coefficient (Wildman–Crippen LogP) is 4.12. The summed E-state index contributed by atoms with van der Waals surface area (Å²) in [6.07, 6.45) is 8.89. The van der Waals surface area contributed by atoms with E-state index in [-0.39, 0.29) is 6.04 Å². The van der Waals surface area contributed by atoms with Gasteiger partial charge in [0.25, 0.3) is 0 Å². The molecule has 0 saturated heterocycles. The lowest BCUT2D eigenvalue weighted by Crippen LogP contribution is -2.17. The first-order valence-corrected chi connectivity index (χ1v) is 9.47. The maximum atomic E-state index is 9.16. The molecule has 5 rings (SSSR count). The van der Waals surface area contributed by atoms with E-state index in [2.05, 4.69) is 45.8 Å². The first kappa shape index (κ1) is 16.6. The highest BCUT2D eigenvalue weighted by Crippen LogP contribution is 2.34. The fraction of sp³-hybridized carbons (Fsp3) is 0.227. The van der Waals surface area contributed by atoms with Crippen LogP contribution in [0.25, 0.3) is 16.6 Å². The van der Waals surface area contributed by atoms with Crippen molar-refractivity contribution < 1.29 is 0 Å². The van der Waals surface area contributed by atoms with Crippen molar-refractivity contribution in [2.45, 2.75) is 25.3 Å². The summed E-state index contributed by atoms with van der Waals surface area (Å²) in [7, 11) is 1.90. The highest BCUT2D eigenvalue weighted by Gasteiger charge is 2.20. The molecule has 0 fully saturated rings. The molecule has 1 atom stereocenters. The fourth-order valence-electron chi connectivity index (χ4n) is 4.07. The molecule has 1 aliphatic carbocycles. The van der Waals surface area contributed by atoms with E-state index in [0.717, 1.165) is 47.1 Å². The van der Waals surface area contributed by atoms with Gasteiger partial charge >= 0.3 is 0 Å². The molecule has 1 N–H and O–H groups in total. The van der Waals surface area contributed by atoms with E-state index < -0.39 is 0 Å². The summed E-state index contributed by atoms with van der Waals surface area (Å²) in [6, 6.07) is 14.9. The van der Waals surface area contributed by atoms with Crippen LogP contribution < -0.4 is 5.32 Å². The van der Waals surface area contributed by atoms with E-state index in [0.29, 0.717) is 0 Å². The van der Waals surface area contributed by atoms with Crippen LogP contribution in [-0.4, -0.2) is 19.6 Å². The number of aryl methyl sites for hydroxylation is 2. The van der Waals surface area contributed by atoms with E-state index in [1.807, 2.05) is 42.5 Å². The minimum Gasteiger partial charge on any atom is -0.378 e. The van der Waals surface area contributed by atoms with Crippen molar-refractivity contribution in [2.75, 3.05) is 5.32 Å². The predicted molar refractivity (Wildman–Crippen MR) is 108 cm³/mol. The van der Waals surface area contributed by atoms with Gasteiger partial charge in [0, 0.05) is 18.1 Å². The Labute approximate surface area is 163 Å². The zero-order chi connectivity index (χ0) is 19.1. The summed E-state index contributed by atoms with van der Waals surface area (Å²) in [5.74, 6) is 0. The summed E-state index contributed by atoms with van der Waals surface area (Å²) < 4.78 is 3.70. The van der Waals surface area contributed by atoms with Crippen LogP contribution in [0, 0.1) is 11.3 Å². The number of nitriles is 1. The van der Waals surface area contributed by atoms with Crippen molar-refractivity contribution in [2.24, 2.45) is 7.05 Å². The Morgan fingerprint density at radius 3 is 2.89 bits per heavy atom. The molecule has 28 heavy (non-hydrogen) atoms. The Hall–Kier alpha value is -3.59. The van der Waals surface area contributed by atoms with Gasteiger partial charge in [0.15, 0.2) is 0 Å². The van der Waals surface area contributed by atoms with Gasteiger partial charge in [0.1, 0.15) is 5.69 Å². The molecule has 0 unspecified atom stereocenters. The van der Waals surface area contributed by atoms with Gasteiger partial charge in [-0.3, -0.25) is 4.68 Å². The van der Waals surface area contributed by atoms with Crippen molar-refractivity contribution in [3.8, 4) is 11.8 Å². The molecule has 6 nitrogen and oxygen atoms in total. The molecular formula is C22H20N6. The molecule has 6 heteroatoms. The number of anilines is 1. The van der Waals surface area contributed by atoms with Crippen LogP contribution >= 0.6 is 0 Å². The maximum Gasteiger partial charge on any atom is 0.103 e. The summed E-state index contributed by atoms with van der Waals surface area (Å²) in [4.78, 5) is 0. The number of hydrogen-bond donors (Lipinski definition) is 1. The lowest BCUT2D eigenvalue weighted by molar-refractivity contribution is 0.600. The molecular weight excluding hydrogens is 348 g/mol. The van der Waals surface area contributed by atoms with Gasteiger partial charge in [-0.15, -0.1) is 0 Å². The molecule has 138 valence electrons. The van der Waals surface area contributed by atoms with Gasteiger partial charge < -0.3 is 5.32 Å². The highest BCUT2D eigenvalue weighted by atomic mass is 15.3. The molecule has 0 spiro atoms. The van der Waals surface area contributed by atoms with Gasteiger partial charge in [-0.05, 0) is 60.7 Å². The van der Waals surface area contributed by atoms with E-state index in [4.69, 9.17) is 5.26 Å². The fourth-order valence-corrected chi connectivity index (χ4v) is 4.07. The molecule has 0 amide bonds.